The third-order valence-corrected chi connectivity index (χ3v) is 3.92. The van der Waals surface area contributed by atoms with Crippen molar-refractivity contribution in [2.45, 2.75) is 38.1 Å². The van der Waals surface area contributed by atoms with E-state index in [1.165, 1.54) is 19.3 Å². The van der Waals surface area contributed by atoms with Crippen LogP contribution in [0.5, 0.6) is 0 Å². The highest BCUT2D eigenvalue weighted by molar-refractivity contribution is 6.30. The van der Waals surface area contributed by atoms with Crippen LogP contribution >= 0.6 is 11.6 Å². The van der Waals surface area contributed by atoms with E-state index in [-0.39, 0.29) is 6.03 Å². The lowest BCUT2D eigenvalue weighted by atomic mass is 9.96. The molecule has 0 unspecified atom stereocenters. The molecule has 2 aromatic rings. The number of amides is 2. The first-order valence-electron chi connectivity index (χ1n) is 8.07. The molecule has 1 aliphatic rings. The van der Waals surface area contributed by atoms with Crippen molar-refractivity contribution in [3.63, 3.8) is 0 Å². The molecular formula is C19H23ClN2O. The Morgan fingerprint density at radius 3 is 2.09 bits per heavy atom. The zero-order chi connectivity index (χ0) is 16.3. The predicted molar refractivity (Wildman–Crippen MR) is 96.9 cm³/mol. The Morgan fingerprint density at radius 2 is 1.52 bits per heavy atom. The average Bonchev–Trinajstić information content (AvgIpc) is 2.58. The van der Waals surface area contributed by atoms with E-state index < -0.39 is 0 Å². The van der Waals surface area contributed by atoms with Crippen LogP contribution in [0.25, 0.3) is 0 Å². The lowest BCUT2D eigenvalue weighted by Gasteiger charge is -2.22. The van der Waals surface area contributed by atoms with Crippen LogP contribution in [0.4, 0.5) is 10.5 Å². The Balaban J connectivity index is 0.000000268. The summed E-state index contributed by atoms with van der Waals surface area (Å²) in [6.45, 7) is 0. The van der Waals surface area contributed by atoms with Gasteiger partial charge in [-0.2, -0.15) is 0 Å². The Labute approximate surface area is 143 Å². The molecule has 2 N–H and O–H groups in total. The molecule has 0 aromatic heterocycles. The van der Waals surface area contributed by atoms with E-state index in [2.05, 4.69) is 10.6 Å². The molecule has 2 amide bonds. The van der Waals surface area contributed by atoms with Crippen LogP contribution in [0.2, 0.25) is 5.02 Å². The van der Waals surface area contributed by atoms with Crippen LogP contribution in [0, 0.1) is 0 Å². The van der Waals surface area contributed by atoms with Crippen LogP contribution in [-0.2, 0) is 0 Å². The fourth-order valence-corrected chi connectivity index (χ4v) is 2.74. The maximum absolute atomic E-state index is 11.7. The fourth-order valence-electron chi connectivity index (χ4n) is 2.55. The third kappa shape index (κ3) is 7.20. The van der Waals surface area contributed by atoms with Crippen molar-refractivity contribution >= 4 is 23.3 Å². The van der Waals surface area contributed by atoms with Gasteiger partial charge in [-0.15, -0.1) is 0 Å². The number of hydrogen-bond donors (Lipinski definition) is 2. The molecule has 122 valence electrons. The minimum absolute atomic E-state index is 0.140. The van der Waals surface area contributed by atoms with Crippen molar-refractivity contribution in [1.82, 2.24) is 5.32 Å². The Kier molecular flexibility index (Phi) is 7.47. The molecule has 0 saturated heterocycles. The van der Waals surface area contributed by atoms with E-state index in [1.54, 1.807) is 12.1 Å². The molecule has 0 bridgehead atoms. The van der Waals surface area contributed by atoms with Gasteiger partial charge >= 0.3 is 6.03 Å². The Hall–Kier alpha value is -2.00. The molecule has 1 saturated carbocycles. The minimum Gasteiger partial charge on any atom is -0.335 e. The highest BCUT2D eigenvalue weighted by Gasteiger charge is 2.15. The summed E-state index contributed by atoms with van der Waals surface area (Å²) in [6, 6.07) is 19.3. The van der Waals surface area contributed by atoms with E-state index in [0.29, 0.717) is 11.1 Å². The highest BCUT2D eigenvalue weighted by Crippen LogP contribution is 2.18. The standard InChI is InChI=1S/C13H17ClN2O.C6H6/c14-10-5-4-8-12(9-10)16-13(17)15-11-6-2-1-3-7-11;1-2-4-6-5-3-1/h4-5,8-9,11H,1-3,6-7H2,(H2,15,16,17);1-6H. The number of rotatable bonds is 2. The Bertz CT molecular complexity index is 556. The molecule has 4 heteroatoms. The molecule has 0 atom stereocenters. The smallest absolute Gasteiger partial charge is 0.319 e. The van der Waals surface area contributed by atoms with Crippen LogP contribution in [-0.4, -0.2) is 12.1 Å². The monoisotopic (exact) mass is 330 g/mol. The van der Waals surface area contributed by atoms with Gasteiger partial charge in [0.15, 0.2) is 0 Å². The molecule has 3 rings (SSSR count). The average molecular weight is 331 g/mol. The van der Waals surface area contributed by atoms with E-state index in [4.69, 9.17) is 11.6 Å². The normalized spacial score (nSPS) is 14.3. The molecule has 1 aliphatic carbocycles. The number of nitrogens with one attached hydrogen (secondary N) is 2. The van der Waals surface area contributed by atoms with Crippen molar-refractivity contribution in [2.75, 3.05) is 5.32 Å². The summed E-state index contributed by atoms with van der Waals surface area (Å²) in [7, 11) is 0. The number of halogens is 1. The molecule has 0 heterocycles. The highest BCUT2D eigenvalue weighted by atomic mass is 35.5. The van der Waals surface area contributed by atoms with Gasteiger partial charge in [0.25, 0.3) is 0 Å². The largest absolute Gasteiger partial charge is 0.335 e. The molecule has 3 nitrogen and oxygen atoms in total. The van der Waals surface area contributed by atoms with Crippen molar-refractivity contribution in [2.24, 2.45) is 0 Å². The van der Waals surface area contributed by atoms with E-state index in [1.807, 2.05) is 48.5 Å². The summed E-state index contributed by atoms with van der Waals surface area (Å²) >= 11 is 5.85. The molecule has 0 aliphatic heterocycles. The zero-order valence-electron chi connectivity index (χ0n) is 13.2. The second-order valence-electron chi connectivity index (χ2n) is 5.60. The topological polar surface area (TPSA) is 41.1 Å². The summed E-state index contributed by atoms with van der Waals surface area (Å²) in [5, 5.41) is 6.41. The van der Waals surface area contributed by atoms with Crippen molar-refractivity contribution < 1.29 is 4.79 Å². The maximum atomic E-state index is 11.7. The molecule has 1 fully saturated rings. The van der Waals surface area contributed by atoms with Gasteiger partial charge in [-0.3, -0.25) is 0 Å². The number of hydrogen-bond acceptors (Lipinski definition) is 1. The van der Waals surface area contributed by atoms with E-state index in [9.17, 15) is 4.79 Å². The lowest BCUT2D eigenvalue weighted by molar-refractivity contribution is 0.244. The van der Waals surface area contributed by atoms with Crippen molar-refractivity contribution in [3.8, 4) is 0 Å². The van der Waals surface area contributed by atoms with Crippen LogP contribution < -0.4 is 10.6 Å². The van der Waals surface area contributed by atoms with Gasteiger partial charge in [-0.25, -0.2) is 4.79 Å². The molecular weight excluding hydrogens is 308 g/mol. The predicted octanol–water partition coefficient (Wildman–Crippen LogP) is 5.48. The van der Waals surface area contributed by atoms with Crippen LogP contribution in [0.1, 0.15) is 32.1 Å². The molecule has 23 heavy (non-hydrogen) atoms. The van der Waals surface area contributed by atoms with E-state index >= 15 is 0 Å². The van der Waals surface area contributed by atoms with Gasteiger partial charge < -0.3 is 10.6 Å². The summed E-state index contributed by atoms with van der Waals surface area (Å²) in [5.74, 6) is 0. The van der Waals surface area contributed by atoms with Gasteiger partial charge in [0.1, 0.15) is 0 Å². The first-order chi connectivity index (χ1) is 11.2. The summed E-state index contributed by atoms with van der Waals surface area (Å²) < 4.78 is 0. The maximum Gasteiger partial charge on any atom is 0.319 e. The van der Waals surface area contributed by atoms with Crippen LogP contribution in [0.15, 0.2) is 60.7 Å². The molecule has 2 aromatic carbocycles. The van der Waals surface area contributed by atoms with Gasteiger partial charge in [-0.05, 0) is 31.0 Å². The SMILES string of the molecule is O=C(Nc1cccc(Cl)c1)NC1CCCCC1.c1ccccc1. The van der Waals surface area contributed by atoms with Gasteiger partial charge in [-0.1, -0.05) is 73.3 Å². The van der Waals surface area contributed by atoms with Gasteiger partial charge in [0.2, 0.25) is 0 Å². The van der Waals surface area contributed by atoms with Crippen LogP contribution in [0.3, 0.4) is 0 Å². The first-order valence-corrected chi connectivity index (χ1v) is 8.45. The number of urea groups is 1. The second-order valence-corrected chi connectivity index (χ2v) is 6.03. The lowest BCUT2D eigenvalue weighted by Crippen LogP contribution is -2.38. The fraction of sp³-hybridized carbons (Fsp3) is 0.316. The zero-order valence-corrected chi connectivity index (χ0v) is 13.9. The number of carbonyl (C=O) groups is 1. The Morgan fingerprint density at radius 1 is 0.913 bits per heavy atom. The number of anilines is 1. The number of benzene rings is 2. The quantitative estimate of drug-likeness (QED) is 0.752. The van der Waals surface area contributed by atoms with Crippen molar-refractivity contribution in [1.29, 1.82) is 0 Å². The minimum atomic E-state index is -0.140. The van der Waals surface area contributed by atoms with Gasteiger partial charge in [0.05, 0.1) is 0 Å². The van der Waals surface area contributed by atoms with Gasteiger partial charge in [0, 0.05) is 16.8 Å². The molecule has 0 spiro atoms. The summed E-state index contributed by atoms with van der Waals surface area (Å²) in [6.07, 6.45) is 5.88. The van der Waals surface area contributed by atoms with E-state index in [0.717, 1.165) is 18.5 Å². The third-order valence-electron chi connectivity index (χ3n) is 3.69. The second kappa shape index (κ2) is 9.90. The number of carbonyl (C=O) groups excluding carboxylic acids is 1. The first kappa shape index (κ1) is 17.4. The summed E-state index contributed by atoms with van der Waals surface area (Å²) in [4.78, 5) is 11.7. The van der Waals surface area contributed by atoms with Crippen molar-refractivity contribution in [3.05, 3.63) is 65.7 Å². The molecule has 0 radical (unpaired) electrons. The summed E-state index contributed by atoms with van der Waals surface area (Å²) in [5.41, 5.74) is 0.728.